The highest BCUT2D eigenvalue weighted by Gasteiger charge is 2.07. The van der Waals surface area contributed by atoms with Crippen LogP contribution in [0.3, 0.4) is 0 Å². The summed E-state index contributed by atoms with van der Waals surface area (Å²) in [5, 5.41) is 3.84. The van der Waals surface area contributed by atoms with E-state index in [1.54, 1.807) is 19.2 Å². The van der Waals surface area contributed by atoms with Crippen LogP contribution in [0.1, 0.15) is 18.4 Å². The van der Waals surface area contributed by atoms with Gasteiger partial charge in [0.25, 0.3) is 0 Å². The van der Waals surface area contributed by atoms with E-state index in [-0.39, 0.29) is 6.03 Å². The first-order valence-corrected chi connectivity index (χ1v) is 8.04. The van der Waals surface area contributed by atoms with E-state index in [1.165, 1.54) is 12.7 Å². The topological polar surface area (TPSA) is 50.8 Å². The molecule has 0 saturated heterocycles. The maximum atomic E-state index is 11.6. The minimum absolute atomic E-state index is 0.327. The zero-order chi connectivity index (χ0) is 17.2. The molecule has 24 heavy (non-hydrogen) atoms. The van der Waals surface area contributed by atoms with Crippen molar-refractivity contribution in [2.75, 3.05) is 26.1 Å². The number of rotatable bonds is 8. The summed E-state index contributed by atoms with van der Waals surface area (Å²) in [6.07, 6.45) is 3.18. The molecule has 5 nitrogen and oxygen atoms in total. The van der Waals surface area contributed by atoms with Gasteiger partial charge >= 0.3 is 6.03 Å². The van der Waals surface area contributed by atoms with E-state index in [4.69, 9.17) is 9.57 Å². The number of anilines is 1. The van der Waals surface area contributed by atoms with Gasteiger partial charge in [0, 0.05) is 12.7 Å². The van der Waals surface area contributed by atoms with Crippen molar-refractivity contribution < 1.29 is 14.4 Å². The summed E-state index contributed by atoms with van der Waals surface area (Å²) in [5.41, 5.74) is 2.05. The van der Waals surface area contributed by atoms with E-state index in [0.717, 1.165) is 30.1 Å². The summed E-state index contributed by atoms with van der Waals surface area (Å²) in [6.45, 7) is 0.685. The van der Waals surface area contributed by atoms with E-state index in [2.05, 4.69) is 29.6 Å². The summed E-state index contributed by atoms with van der Waals surface area (Å²) in [7, 11) is 2.98. The van der Waals surface area contributed by atoms with Crippen LogP contribution in [0.2, 0.25) is 0 Å². The van der Waals surface area contributed by atoms with Gasteiger partial charge in [-0.2, -0.15) is 0 Å². The molecule has 0 aliphatic heterocycles. The van der Waals surface area contributed by atoms with E-state index in [9.17, 15) is 4.79 Å². The Hall–Kier alpha value is -2.53. The normalized spacial score (nSPS) is 10.2. The number of aryl methyl sites for hydroxylation is 1. The molecule has 2 rings (SSSR count). The Kier molecular flexibility index (Phi) is 7.11. The summed E-state index contributed by atoms with van der Waals surface area (Å²) in [5.74, 6) is 0.799. The van der Waals surface area contributed by atoms with Crippen LogP contribution in [0, 0.1) is 0 Å². The predicted octanol–water partition coefficient (Wildman–Crippen LogP) is 4.11. The molecule has 0 fully saturated rings. The fourth-order valence-corrected chi connectivity index (χ4v) is 2.19. The largest absolute Gasteiger partial charge is 0.494 e. The molecule has 0 bridgehead atoms. The molecule has 0 aliphatic rings. The van der Waals surface area contributed by atoms with Crippen LogP contribution >= 0.6 is 0 Å². The summed E-state index contributed by atoms with van der Waals surface area (Å²) < 4.78 is 5.72. The van der Waals surface area contributed by atoms with E-state index in [1.807, 2.05) is 18.2 Å². The Balaban J connectivity index is 1.67. The molecule has 0 aliphatic carbocycles. The van der Waals surface area contributed by atoms with Gasteiger partial charge in [-0.25, -0.2) is 9.86 Å². The van der Waals surface area contributed by atoms with Gasteiger partial charge in [-0.15, -0.1) is 0 Å². The average molecular weight is 328 g/mol. The molecule has 128 valence electrons. The molecule has 0 aromatic heterocycles. The lowest BCUT2D eigenvalue weighted by atomic mass is 10.1. The van der Waals surface area contributed by atoms with Crippen molar-refractivity contribution in [2.24, 2.45) is 0 Å². The Labute approximate surface area is 143 Å². The van der Waals surface area contributed by atoms with Gasteiger partial charge in [0.1, 0.15) is 5.75 Å². The number of hydrogen-bond donors (Lipinski definition) is 1. The third-order valence-electron chi connectivity index (χ3n) is 3.64. The monoisotopic (exact) mass is 328 g/mol. The fourth-order valence-electron chi connectivity index (χ4n) is 2.19. The lowest BCUT2D eigenvalue weighted by molar-refractivity contribution is -0.0598. The van der Waals surface area contributed by atoms with Crippen LogP contribution in [-0.2, 0) is 11.3 Å². The molecule has 5 heteroatoms. The minimum Gasteiger partial charge on any atom is -0.494 e. The first kappa shape index (κ1) is 17.8. The molecular formula is C19H24N2O3. The molecule has 0 saturated carbocycles. The second kappa shape index (κ2) is 9.57. The highest BCUT2D eigenvalue weighted by molar-refractivity contribution is 5.88. The second-order valence-corrected chi connectivity index (χ2v) is 5.43. The van der Waals surface area contributed by atoms with Gasteiger partial charge < -0.3 is 10.1 Å². The molecule has 2 amide bonds. The Morgan fingerprint density at radius 3 is 2.42 bits per heavy atom. The van der Waals surface area contributed by atoms with Gasteiger partial charge in [0.05, 0.1) is 13.7 Å². The molecule has 0 unspecified atom stereocenters. The maximum Gasteiger partial charge on any atom is 0.345 e. The first-order valence-electron chi connectivity index (χ1n) is 8.04. The molecule has 1 N–H and O–H groups in total. The van der Waals surface area contributed by atoms with Gasteiger partial charge in [-0.05, 0) is 49.1 Å². The number of urea groups is 1. The van der Waals surface area contributed by atoms with Crippen molar-refractivity contribution in [3.63, 3.8) is 0 Å². The van der Waals surface area contributed by atoms with E-state index >= 15 is 0 Å². The van der Waals surface area contributed by atoms with Gasteiger partial charge in [0.15, 0.2) is 0 Å². The van der Waals surface area contributed by atoms with Crippen molar-refractivity contribution in [3.8, 4) is 5.75 Å². The number of carbonyl (C=O) groups excluding carboxylic acids is 1. The third-order valence-corrected chi connectivity index (χ3v) is 3.64. The smallest absolute Gasteiger partial charge is 0.345 e. The zero-order valence-corrected chi connectivity index (χ0v) is 14.2. The van der Waals surface area contributed by atoms with Crippen molar-refractivity contribution in [1.29, 1.82) is 0 Å². The summed E-state index contributed by atoms with van der Waals surface area (Å²) in [6, 6.07) is 17.4. The van der Waals surface area contributed by atoms with Crippen LogP contribution in [-0.4, -0.2) is 31.9 Å². The van der Waals surface area contributed by atoms with Gasteiger partial charge in [0.2, 0.25) is 0 Å². The molecule has 0 heterocycles. The second-order valence-electron chi connectivity index (χ2n) is 5.43. The summed E-state index contributed by atoms with van der Waals surface area (Å²) in [4.78, 5) is 16.5. The number of ether oxygens (including phenoxy) is 1. The maximum absolute atomic E-state index is 11.6. The predicted molar refractivity (Wildman–Crippen MR) is 95.1 cm³/mol. The van der Waals surface area contributed by atoms with Crippen LogP contribution < -0.4 is 10.1 Å². The number of nitrogens with zero attached hydrogens (tertiary/aromatic N) is 1. The standard InChI is InChI=1S/C19H24N2O3/c1-21(23-2)19(22)20-17-11-13-18(14-12-17)24-15-7-6-10-16-8-4-3-5-9-16/h3-5,8-9,11-14H,6-7,10,15H2,1-2H3,(H,20,22). The number of hydrogen-bond acceptors (Lipinski definition) is 3. The van der Waals surface area contributed by atoms with Crippen molar-refractivity contribution >= 4 is 11.7 Å². The highest BCUT2D eigenvalue weighted by atomic mass is 16.7. The number of nitrogens with one attached hydrogen (secondary N) is 1. The van der Waals surface area contributed by atoms with Crippen LogP contribution in [0.25, 0.3) is 0 Å². The average Bonchev–Trinajstić information content (AvgIpc) is 2.63. The van der Waals surface area contributed by atoms with Gasteiger partial charge in [-0.3, -0.25) is 4.84 Å². The van der Waals surface area contributed by atoms with Gasteiger partial charge in [-0.1, -0.05) is 30.3 Å². The zero-order valence-electron chi connectivity index (χ0n) is 14.2. The Morgan fingerprint density at radius 2 is 1.75 bits per heavy atom. The van der Waals surface area contributed by atoms with Crippen molar-refractivity contribution in [3.05, 3.63) is 60.2 Å². The quantitative estimate of drug-likeness (QED) is 0.586. The van der Waals surface area contributed by atoms with Crippen molar-refractivity contribution in [2.45, 2.75) is 19.3 Å². The van der Waals surface area contributed by atoms with Crippen LogP contribution in [0.15, 0.2) is 54.6 Å². The number of carbonyl (C=O) groups is 1. The number of unbranched alkanes of at least 4 members (excludes halogenated alkanes) is 1. The third kappa shape index (κ3) is 5.93. The minimum atomic E-state index is -0.327. The molecule has 0 spiro atoms. The lowest BCUT2D eigenvalue weighted by Crippen LogP contribution is -2.30. The SMILES string of the molecule is CON(C)C(=O)Nc1ccc(OCCCCc2ccccc2)cc1. The molecule has 2 aromatic carbocycles. The number of hydroxylamine groups is 2. The first-order chi connectivity index (χ1) is 11.7. The molecular weight excluding hydrogens is 304 g/mol. The number of amides is 2. The number of benzene rings is 2. The van der Waals surface area contributed by atoms with E-state index < -0.39 is 0 Å². The fraction of sp³-hybridized carbons (Fsp3) is 0.316. The highest BCUT2D eigenvalue weighted by Crippen LogP contribution is 2.16. The molecule has 0 atom stereocenters. The van der Waals surface area contributed by atoms with Crippen LogP contribution in [0.4, 0.5) is 10.5 Å². The van der Waals surface area contributed by atoms with E-state index in [0.29, 0.717) is 12.3 Å². The summed E-state index contributed by atoms with van der Waals surface area (Å²) >= 11 is 0. The Bertz CT molecular complexity index is 614. The molecule has 0 radical (unpaired) electrons. The Morgan fingerprint density at radius 1 is 1.04 bits per heavy atom. The molecule has 2 aromatic rings. The van der Waals surface area contributed by atoms with Crippen molar-refractivity contribution in [1.82, 2.24) is 5.06 Å². The lowest BCUT2D eigenvalue weighted by Gasteiger charge is -2.14. The van der Waals surface area contributed by atoms with Crippen LogP contribution in [0.5, 0.6) is 5.75 Å².